The standard InChI is InChI=1S/C8H7N7O2/c16-15(17)7-3-1-6(2-4-7)5-9-10-8-11-13-14-12-8/h1-5H,(H2,10,11,12,13,14)/b9-5-. The highest BCUT2D eigenvalue weighted by atomic mass is 16.6. The lowest BCUT2D eigenvalue weighted by molar-refractivity contribution is -0.384. The van der Waals surface area contributed by atoms with Crippen LogP contribution >= 0.6 is 0 Å². The molecule has 2 N–H and O–H groups in total. The van der Waals surface area contributed by atoms with Gasteiger partial charge in [0, 0.05) is 12.1 Å². The van der Waals surface area contributed by atoms with Crippen LogP contribution in [0, 0.1) is 10.1 Å². The second-order valence-electron chi connectivity index (χ2n) is 2.95. The van der Waals surface area contributed by atoms with Gasteiger partial charge in [-0.3, -0.25) is 10.1 Å². The zero-order valence-corrected chi connectivity index (χ0v) is 8.44. The molecule has 0 spiro atoms. The van der Waals surface area contributed by atoms with Gasteiger partial charge in [0.05, 0.1) is 11.1 Å². The predicted octanol–water partition coefficient (Wildman–Crippen LogP) is 0.554. The molecule has 0 aliphatic heterocycles. The summed E-state index contributed by atoms with van der Waals surface area (Å²) >= 11 is 0. The molecule has 1 aromatic heterocycles. The molecule has 86 valence electrons. The Balaban J connectivity index is 1.99. The summed E-state index contributed by atoms with van der Waals surface area (Å²) in [7, 11) is 0. The molecule has 9 nitrogen and oxygen atoms in total. The Morgan fingerprint density at radius 2 is 2.18 bits per heavy atom. The van der Waals surface area contributed by atoms with Gasteiger partial charge in [-0.2, -0.15) is 10.3 Å². The summed E-state index contributed by atoms with van der Waals surface area (Å²) in [5.74, 6) is 0.239. The van der Waals surface area contributed by atoms with Gasteiger partial charge in [0.2, 0.25) is 0 Å². The molecule has 9 heteroatoms. The van der Waals surface area contributed by atoms with Gasteiger partial charge in [-0.15, -0.1) is 5.10 Å². The summed E-state index contributed by atoms with van der Waals surface area (Å²) in [5.41, 5.74) is 3.28. The van der Waals surface area contributed by atoms with Crippen LogP contribution in [-0.4, -0.2) is 31.8 Å². The van der Waals surface area contributed by atoms with Gasteiger partial charge in [-0.1, -0.05) is 5.10 Å². The molecule has 0 unspecified atom stereocenters. The first-order chi connectivity index (χ1) is 8.25. The number of hydrazone groups is 1. The minimum atomic E-state index is -0.460. The molecule has 0 saturated heterocycles. The topological polar surface area (TPSA) is 122 Å². The van der Waals surface area contributed by atoms with Crippen LogP contribution in [0.4, 0.5) is 11.6 Å². The fourth-order valence-corrected chi connectivity index (χ4v) is 1.06. The molecule has 0 aliphatic rings. The Morgan fingerprint density at radius 1 is 1.41 bits per heavy atom. The number of nitro benzene ring substituents is 1. The van der Waals surface area contributed by atoms with Gasteiger partial charge in [0.1, 0.15) is 0 Å². The quantitative estimate of drug-likeness (QED) is 0.451. The van der Waals surface area contributed by atoms with Gasteiger partial charge in [-0.25, -0.2) is 5.43 Å². The molecule has 0 atom stereocenters. The Kier molecular flexibility index (Phi) is 3.01. The average Bonchev–Trinajstić information content (AvgIpc) is 2.83. The Bertz CT molecular complexity index is 519. The molecule has 17 heavy (non-hydrogen) atoms. The summed E-state index contributed by atoms with van der Waals surface area (Å²) < 4.78 is 0. The van der Waals surface area contributed by atoms with Crippen LogP contribution in [0.1, 0.15) is 5.56 Å². The summed E-state index contributed by atoms with van der Waals surface area (Å²) in [4.78, 5) is 9.95. The highest BCUT2D eigenvalue weighted by Gasteiger charge is 2.02. The van der Waals surface area contributed by atoms with Gasteiger partial charge in [0.15, 0.2) is 0 Å². The van der Waals surface area contributed by atoms with Crippen LogP contribution in [-0.2, 0) is 0 Å². The number of nitrogens with one attached hydrogen (secondary N) is 2. The van der Waals surface area contributed by atoms with Crippen molar-refractivity contribution < 1.29 is 4.92 Å². The number of rotatable bonds is 4. The van der Waals surface area contributed by atoms with Crippen LogP contribution in [0.3, 0.4) is 0 Å². The van der Waals surface area contributed by atoms with E-state index in [4.69, 9.17) is 0 Å². The van der Waals surface area contributed by atoms with Gasteiger partial charge < -0.3 is 0 Å². The van der Waals surface area contributed by atoms with E-state index in [1.807, 2.05) is 0 Å². The van der Waals surface area contributed by atoms with E-state index in [2.05, 4.69) is 31.2 Å². The third kappa shape index (κ3) is 2.81. The van der Waals surface area contributed by atoms with Crippen molar-refractivity contribution in [3.8, 4) is 0 Å². The molecular formula is C8H7N7O2. The second kappa shape index (κ2) is 4.79. The van der Waals surface area contributed by atoms with Crippen molar-refractivity contribution in [1.29, 1.82) is 0 Å². The zero-order valence-electron chi connectivity index (χ0n) is 8.44. The fraction of sp³-hybridized carbons (Fsp3) is 0. The number of aromatic amines is 1. The maximum absolute atomic E-state index is 10.4. The number of nitrogens with zero attached hydrogens (tertiary/aromatic N) is 5. The highest BCUT2D eigenvalue weighted by Crippen LogP contribution is 2.10. The molecule has 1 aromatic carbocycles. The molecule has 2 aromatic rings. The van der Waals surface area contributed by atoms with Crippen LogP contribution < -0.4 is 5.43 Å². The third-order valence-corrected chi connectivity index (χ3v) is 1.83. The largest absolute Gasteiger partial charge is 0.283 e. The Labute approximate surface area is 94.7 Å². The van der Waals surface area contributed by atoms with Crippen molar-refractivity contribution in [1.82, 2.24) is 20.6 Å². The van der Waals surface area contributed by atoms with Crippen LogP contribution in [0.25, 0.3) is 0 Å². The van der Waals surface area contributed by atoms with Gasteiger partial charge in [-0.05, 0) is 22.9 Å². The number of aromatic nitrogens is 4. The van der Waals surface area contributed by atoms with Crippen molar-refractivity contribution >= 4 is 17.9 Å². The summed E-state index contributed by atoms with van der Waals surface area (Å²) in [6, 6.07) is 5.96. The lowest BCUT2D eigenvalue weighted by Crippen LogP contribution is -1.93. The Hall–Kier alpha value is -2.84. The molecule has 0 saturated carbocycles. The lowest BCUT2D eigenvalue weighted by atomic mass is 10.2. The second-order valence-corrected chi connectivity index (χ2v) is 2.95. The van der Waals surface area contributed by atoms with Crippen molar-refractivity contribution in [2.24, 2.45) is 5.10 Å². The molecule has 0 aliphatic carbocycles. The molecule has 2 rings (SSSR count). The normalized spacial score (nSPS) is 10.6. The minimum absolute atomic E-state index is 0.0354. The summed E-state index contributed by atoms with van der Waals surface area (Å²) in [6.45, 7) is 0. The Morgan fingerprint density at radius 3 is 2.76 bits per heavy atom. The molecule has 0 radical (unpaired) electrons. The first-order valence-corrected chi connectivity index (χ1v) is 4.53. The summed E-state index contributed by atoms with van der Waals surface area (Å²) in [6.07, 6.45) is 1.49. The van der Waals surface area contributed by atoms with E-state index in [1.54, 1.807) is 12.1 Å². The van der Waals surface area contributed by atoms with E-state index in [9.17, 15) is 10.1 Å². The van der Waals surface area contributed by atoms with E-state index in [-0.39, 0.29) is 11.6 Å². The number of nitro groups is 1. The maximum atomic E-state index is 10.4. The number of hydrogen-bond acceptors (Lipinski definition) is 7. The number of tetrazole rings is 1. The number of benzene rings is 1. The van der Waals surface area contributed by atoms with Gasteiger partial charge >= 0.3 is 0 Å². The van der Waals surface area contributed by atoms with Crippen molar-refractivity contribution in [2.45, 2.75) is 0 Å². The minimum Gasteiger partial charge on any atom is -0.258 e. The SMILES string of the molecule is O=[N+]([O-])c1ccc(/C=N\Nc2nn[nH]n2)cc1. The lowest BCUT2D eigenvalue weighted by Gasteiger charge is -1.93. The predicted molar refractivity (Wildman–Crippen MR) is 58.5 cm³/mol. The van der Waals surface area contributed by atoms with E-state index in [0.717, 1.165) is 0 Å². The molecule has 0 amide bonds. The van der Waals surface area contributed by atoms with Crippen LogP contribution in [0.15, 0.2) is 29.4 Å². The van der Waals surface area contributed by atoms with Crippen molar-refractivity contribution in [3.05, 3.63) is 39.9 Å². The number of non-ortho nitro benzene ring substituents is 1. The van der Waals surface area contributed by atoms with Crippen LogP contribution in [0.5, 0.6) is 0 Å². The van der Waals surface area contributed by atoms with E-state index >= 15 is 0 Å². The highest BCUT2D eigenvalue weighted by molar-refractivity contribution is 5.80. The molecule has 0 fully saturated rings. The molecule has 1 heterocycles. The first-order valence-electron chi connectivity index (χ1n) is 4.53. The fourth-order valence-electron chi connectivity index (χ4n) is 1.06. The zero-order chi connectivity index (χ0) is 12.1. The van der Waals surface area contributed by atoms with E-state index in [0.29, 0.717) is 5.56 Å². The average molecular weight is 233 g/mol. The third-order valence-electron chi connectivity index (χ3n) is 1.83. The van der Waals surface area contributed by atoms with E-state index in [1.165, 1.54) is 18.3 Å². The summed E-state index contributed by atoms with van der Waals surface area (Å²) in [5, 5.41) is 27.1. The van der Waals surface area contributed by atoms with Crippen molar-refractivity contribution in [3.63, 3.8) is 0 Å². The van der Waals surface area contributed by atoms with E-state index < -0.39 is 4.92 Å². The number of hydrogen-bond donors (Lipinski definition) is 2. The smallest absolute Gasteiger partial charge is 0.258 e. The molecule has 0 bridgehead atoms. The monoisotopic (exact) mass is 233 g/mol. The van der Waals surface area contributed by atoms with Crippen LogP contribution in [0.2, 0.25) is 0 Å². The molecular weight excluding hydrogens is 226 g/mol. The number of H-pyrrole nitrogens is 1. The van der Waals surface area contributed by atoms with Gasteiger partial charge in [0.25, 0.3) is 11.6 Å². The number of anilines is 1. The first kappa shape index (κ1) is 10.7. The maximum Gasteiger partial charge on any atom is 0.283 e. The van der Waals surface area contributed by atoms with Crippen molar-refractivity contribution in [2.75, 3.05) is 5.43 Å².